The first-order valence-electron chi connectivity index (χ1n) is 8.88. The van der Waals surface area contributed by atoms with Crippen LogP contribution in [0.5, 0.6) is 5.75 Å². The highest BCUT2D eigenvalue weighted by molar-refractivity contribution is 5.98. The zero-order chi connectivity index (χ0) is 20.7. The summed E-state index contributed by atoms with van der Waals surface area (Å²) in [4.78, 5) is 24.3. The highest BCUT2D eigenvalue weighted by Gasteiger charge is 2.36. The van der Waals surface area contributed by atoms with E-state index in [2.05, 4.69) is 6.07 Å². The Hall–Kier alpha value is -4.05. The lowest BCUT2D eigenvalue weighted by molar-refractivity contribution is 0.0600. The SMILES string of the molecule is COC(=O)c1ccc(C2C(C#N)=C(N)Oc3c2n(C(C)=O)c2ccccc32)cc1. The van der Waals surface area contributed by atoms with E-state index in [1.165, 1.54) is 14.0 Å². The number of fused-ring (bicyclic) bond motifs is 3. The summed E-state index contributed by atoms with van der Waals surface area (Å²) in [5, 5.41) is 10.5. The molecule has 0 bridgehead atoms. The number of allylic oxidation sites excluding steroid dienone is 1. The number of hydrogen-bond donors (Lipinski definition) is 1. The van der Waals surface area contributed by atoms with Gasteiger partial charge in [-0.3, -0.25) is 9.36 Å². The molecule has 0 aliphatic carbocycles. The molecule has 0 saturated heterocycles. The van der Waals surface area contributed by atoms with E-state index in [-0.39, 0.29) is 17.4 Å². The number of para-hydroxylation sites is 1. The van der Waals surface area contributed by atoms with Gasteiger partial charge in [0.15, 0.2) is 5.75 Å². The van der Waals surface area contributed by atoms with Crippen molar-refractivity contribution in [1.29, 1.82) is 5.26 Å². The van der Waals surface area contributed by atoms with Crippen LogP contribution in [0.15, 0.2) is 60.0 Å². The number of carbonyl (C=O) groups is 2. The number of nitrogens with zero attached hydrogens (tertiary/aromatic N) is 2. The molecule has 29 heavy (non-hydrogen) atoms. The summed E-state index contributed by atoms with van der Waals surface area (Å²) in [6.45, 7) is 1.46. The van der Waals surface area contributed by atoms with Gasteiger partial charge in [0.2, 0.25) is 11.8 Å². The number of benzene rings is 2. The summed E-state index contributed by atoms with van der Waals surface area (Å²) in [5.74, 6) is -0.841. The molecule has 7 heteroatoms. The number of ether oxygens (including phenoxy) is 2. The highest BCUT2D eigenvalue weighted by Crippen LogP contribution is 2.47. The van der Waals surface area contributed by atoms with Gasteiger partial charge in [-0.05, 0) is 29.8 Å². The van der Waals surface area contributed by atoms with Crippen LogP contribution in [0.3, 0.4) is 0 Å². The molecule has 4 rings (SSSR count). The lowest BCUT2D eigenvalue weighted by atomic mass is 9.86. The summed E-state index contributed by atoms with van der Waals surface area (Å²) < 4.78 is 12.1. The van der Waals surface area contributed by atoms with Crippen molar-refractivity contribution in [3.63, 3.8) is 0 Å². The zero-order valence-corrected chi connectivity index (χ0v) is 15.8. The third-order valence-corrected chi connectivity index (χ3v) is 5.00. The monoisotopic (exact) mass is 387 g/mol. The molecule has 144 valence electrons. The maximum absolute atomic E-state index is 12.5. The largest absolute Gasteiger partial charge is 0.465 e. The Balaban J connectivity index is 2.00. The lowest BCUT2D eigenvalue weighted by Gasteiger charge is -2.25. The third kappa shape index (κ3) is 2.74. The van der Waals surface area contributed by atoms with Gasteiger partial charge >= 0.3 is 5.97 Å². The van der Waals surface area contributed by atoms with E-state index in [0.29, 0.717) is 28.1 Å². The lowest BCUT2D eigenvalue weighted by Crippen LogP contribution is -2.24. The Morgan fingerprint density at radius 3 is 2.48 bits per heavy atom. The van der Waals surface area contributed by atoms with Crippen molar-refractivity contribution in [3.8, 4) is 11.8 Å². The first-order chi connectivity index (χ1) is 14.0. The summed E-state index contributed by atoms with van der Waals surface area (Å²) >= 11 is 0. The van der Waals surface area contributed by atoms with E-state index in [9.17, 15) is 14.9 Å². The number of nitrogens with two attached hydrogens (primary N) is 1. The third-order valence-electron chi connectivity index (χ3n) is 5.00. The van der Waals surface area contributed by atoms with Crippen molar-refractivity contribution >= 4 is 22.8 Å². The Kier molecular flexibility index (Phi) is 4.32. The molecule has 7 nitrogen and oxygen atoms in total. The second kappa shape index (κ2) is 6.84. The molecule has 1 aromatic heterocycles. The van der Waals surface area contributed by atoms with Gasteiger partial charge in [-0.2, -0.15) is 5.26 Å². The summed E-state index contributed by atoms with van der Waals surface area (Å²) in [6.07, 6.45) is 0. The molecule has 1 unspecified atom stereocenters. The van der Waals surface area contributed by atoms with Crippen LogP contribution in [0.1, 0.15) is 39.3 Å². The summed E-state index contributed by atoms with van der Waals surface area (Å²) in [7, 11) is 1.31. The van der Waals surface area contributed by atoms with Gasteiger partial charge in [0.1, 0.15) is 11.6 Å². The molecular formula is C22H17N3O4. The van der Waals surface area contributed by atoms with Crippen molar-refractivity contribution in [3.05, 3.63) is 76.8 Å². The predicted octanol–water partition coefficient (Wildman–Crippen LogP) is 3.31. The summed E-state index contributed by atoms with van der Waals surface area (Å²) in [5.41, 5.74) is 8.57. The number of aromatic nitrogens is 1. The van der Waals surface area contributed by atoms with Crippen LogP contribution in [0.25, 0.3) is 10.9 Å². The smallest absolute Gasteiger partial charge is 0.337 e. The fraction of sp³-hybridized carbons (Fsp3) is 0.136. The second-order valence-corrected chi connectivity index (χ2v) is 6.62. The minimum Gasteiger partial charge on any atom is -0.465 e. The minimum atomic E-state index is -0.619. The van der Waals surface area contributed by atoms with Crippen molar-refractivity contribution < 1.29 is 19.1 Å². The van der Waals surface area contributed by atoms with Crippen LogP contribution in [-0.2, 0) is 4.74 Å². The second-order valence-electron chi connectivity index (χ2n) is 6.62. The van der Waals surface area contributed by atoms with Gasteiger partial charge in [0, 0.05) is 12.3 Å². The van der Waals surface area contributed by atoms with Gasteiger partial charge < -0.3 is 15.2 Å². The van der Waals surface area contributed by atoms with Gasteiger partial charge in [0.25, 0.3) is 0 Å². The van der Waals surface area contributed by atoms with Crippen LogP contribution in [0, 0.1) is 11.3 Å². The maximum atomic E-state index is 12.5. The number of methoxy groups -OCH3 is 1. The van der Waals surface area contributed by atoms with Crippen molar-refractivity contribution in [1.82, 2.24) is 4.57 Å². The number of rotatable bonds is 2. The number of hydrogen-bond acceptors (Lipinski definition) is 6. The van der Waals surface area contributed by atoms with Gasteiger partial charge in [-0.15, -0.1) is 0 Å². The number of carbonyl (C=O) groups excluding carboxylic acids is 2. The van der Waals surface area contributed by atoms with E-state index >= 15 is 0 Å². The number of esters is 1. The molecule has 1 atom stereocenters. The standard InChI is InChI=1S/C22H17N3O4/c1-12(26)25-17-6-4-3-5-15(17)20-19(25)18(16(11-23)21(24)29-20)13-7-9-14(10-8-13)22(27)28-2/h3-10,18H,24H2,1-2H3. The van der Waals surface area contributed by atoms with E-state index < -0.39 is 11.9 Å². The van der Waals surface area contributed by atoms with Gasteiger partial charge in [0.05, 0.1) is 29.8 Å². The normalized spacial score (nSPS) is 15.4. The molecule has 1 aliphatic heterocycles. The van der Waals surface area contributed by atoms with Crippen LogP contribution < -0.4 is 10.5 Å². The highest BCUT2D eigenvalue weighted by atomic mass is 16.5. The molecule has 0 fully saturated rings. The van der Waals surface area contributed by atoms with E-state index in [0.717, 1.165) is 5.39 Å². The fourth-order valence-corrected chi connectivity index (χ4v) is 3.75. The number of nitriles is 1. The zero-order valence-electron chi connectivity index (χ0n) is 15.8. The van der Waals surface area contributed by atoms with Crippen molar-refractivity contribution in [2.24, 2.45) is 5.73 Å². The molecule has 3 aromatic rings. The van der Waals surface area contributed by atoms with Crippen LogP contribution in [0.2, 0.25) is 0 Å². The Morgan fingerprint density at radius 1 is 1.17 bits per heavy atom. The Bertz CT molecular complexity index is 1230. The Labute approximate surface area is 166 Å². The van der Waals surface area contributed by atoms with E-state index in [1.54, 1.807) is 28.8 Å². The molecule has 0 saturated carbocycles. The molecule has 0 spiro atoms. The van der Waals surface area contributed by atoms with Crippen LogP contribution >= 0.6 is 0 Å². The van der Waals surface area contributed by atoms with Crippen LogP contribution in [0.4, 0.5) is 0 Å². The maximum Gasteiger partial charge on any atom is 0.337 e. The van der Waals surface area contributed by atoms with E-state index in [1.807, 2.05) is 24.3 Å². The van der Waals surface area contributed by atoms with Crippen LogP contribution in [-0.4, -0.2) is 23.6 Å². The average Bonchev–Trinajstić information content (AvgIpc) is 3.06. The molecule has 2 heterocycles. The molecule has 0 amide bonds. The minimum absolute atomic E-state index is 0.00602. The fourth-order valence-electron chi connectivity index (χ4n) is 3.75. The van der Waals surface area contributed by atoms with Crippen molar-refractivity contribution in [2.45, 2.75) is 12.8 Å². The molecule has 2 aromatic carbocycles. The first kappa shape index (κ1) is 18.3. The van der Waals surface area contributed by atoms with Gasteiger partial charge in [-0.1, -0.05) is 24.3 Å². The van der Waals surface area contributed by atoms with Gasteiger partial charge in [-0.25, -0.2) is 4.79 Å². The molecule has 2 N–H and O–H groups in total. The molecule has 1 aliphatic rings. The van der Waals surface area contributed by atoms with E-state index in [4.69, 9.17) is 15.2 Å². The summed E-state index contributed by atoms with van der Waals surface area (Å²) in [6, 6.07) is 16.1. The Morgan fingerprint density at radius 2 is 1.86 bits per heavy atom. The molecular weight excluding hydrogens is 370 g/mol. The van der Waals surface area contributed by atoms with Crippen molar-refractivity contribution in [2.75, 3.05) is 7.11 Å². The first-order valence-corrected chi connectivity index (χ1v) is 8.88. The topological polar surface area (TPSA) is 107 Å². The average molecular weight is 387 g/mol. The molecule has 0 radical (unpaired) electrons. The quantitative estimate of drug-likeness (QED) is 0.676. The predicted molar refractivity (Wildman–Crippen MR) is 105 cm³/mol.